The fourth-order valence-electron chi connectivity index (χ4n) is 4.76. The van der Waals surface area contributed by atoms with E-state index in [9.17, 15) is 9.59 Å². The molecule has 2 saturated heterocycles. The van der Waals surface area contributed by atoms with Crippen molar-refractivity contribution in [2.24, 2.45) is 11.7 Å². The summed E-state index contributed by atoms with van der Waals surface area (Å²) >= 11 is 0. The molecule has 2 unspecified atom stereocenters. The number of carboxylic acid groups (broad SMARTS) is 1. The highest BCUT2D eigenvalue weighted by molar-refractivity contribution is 5.78. The molecule has 21 heavy (non-hydrogen) atoms. The Kier molecular flexibility index (Phi) is 3.95. The van der Waals surface area contributed by atoms with Gasteiger partial charge in [-0.15, -0.1) is 0 Å². The lowest BCUT2D eigenvalue weighted by molar-refractivity contribution is -0.140. The van der Waals surface area contributed by atoms with Crippen molar-refractivity contribution >= 4 is 11.9 Å². The lowest BCUT2D eigenvalue weighted by atomic mass is 9.86. The predicted molar refractivity (Wildman–Crippen MR) is 78.6 cm³/mol. The van der Waals surface area contributed by atoms with Crippen molar-refractivity contribution in [3.63, 3.8) is 0 Å². The van der Waals surface area contributed by atoms with Gasteiger partial charge in [0.15, 0.2) is 0 Å². The third-order valence-corrected chi connectivity index (χ3v) is 5.68. The standard InChI is InChI=1S/C16H26N2O3/c17-16(5-1-2-6-16)10-14(19)18-12-3-4-13(18)8-11(7-12)9-15(20)21/h11-13H,1-10,17H2,(H,20,21). The van der Waals surface area contributed by atoms with E-state index in [0.717, 1.165) is 51.4 Å². The minimum Gasteiger partial charge on any atom is -0.481 e. The average molecular weight is 294 g/mol. The Labute approximate surface area is 125 Å². The van der Waals surface area contributed by atoms with Crippen LogP contribution < -0.4 is 5.73 Å². The number of amides is 1. The monoisotopic (exact) mass is 294 g/mol. The zero-order valence-corrected chi connectivity index (χ0v) is 12.6. The predicted octanol–water partition coefficient (Wildman–Crippen LogP) is 1.89. The summed E-state index contributed by atoms with van der Waals surface area (Å²) in [6.07, 6.45) is 8.69. The SMILES string of the molecule is NC1(CC(=O)N2C3CCC2CC(CC(=O)O)C3)CCCC1. The number of nitrogens with zero attached hydrogens (tertiary/aromatic N) is 1. The number of carbonyl (C=O) groups excluding carboxylic acids is 1. The highest BCUT2D eigenvalue weighted by Gasteiger charge is 2.45. The quantitative estimate of drug-likeness (QED) is 0.829. The van der Waals surface area contributed by atoms with Gasteiger partial charge in [-0.2, -0.15) is 0 Å². The number of rotatable bonds is 4. The van der Waals surface area contributed by atoms with Crippen molar-refractivity contribution in [3.05, 3.63) is 0 Å². The first-order chi connectivity index (χ1) is 9.97. The van der Waals surface area contributed by atoms with Crippen LogP contribution in [0.2, 0.25) is 0 Å². The molecule has 5 heteroatoms. The maximum absolute atomic E-state index is 12.7. The minimum atomic E-state index is -0.717. The second kappa shape index (κ2) is 5.59. The van der Waals surface area contributed by atoms with Crippen molar-refractivity contribution in [3.8, 4) is 0 Å². The first-order valence-corrected chi connectivity index (χ1v) is 8.29. The molecule has 1 aliphatic carbocycles. The molecular formula is C16H26N2O3. The Bertz CT molecular complexity index is 417. The molecule has 2 bridgehead atoms. The molecule has 2 aliphatic heterocycles. The first-order valence-electron chi connectivity index (χ1n) is 8.29. The van der Waals surface area contributed by atoms with Crippen LogP contribution in [0.3, 0.4) is 0 Å². The first kappa shape index (κ1) is 14.8. The van der Waals surface area contributed by atoms with E-state index < -0.39 is 5.97 Å². The number of piperidine rings is 1. The summed E-state index contributed by atoms with van der Waals surface area (Å²) in [5.74, 6) is -0.269. The van der Waals surface area contributed by atoms with Crippen LogP contribution in [0.25, 0.3) is 0 Å². The highest BCUT2D eigenvalue weighted by Crippen LogP contribution is 2.41. The van der Waals surface area contributed by atoms with Gasteiger partial charge < -0.3 is 15.7 Å². The van der Waals surface area contributed by atoms with E-state index in [4.69, 9.17) is 10.8 Å². The van der Waals surface area contributed by atoms with Gasteiger partial charge in [0.25, 0.3) is 0 Å². The molecule has 2 atom stereocenters. The molecule has 0 aromatic carbocycles. The summed E-state index contributed by atoms with van der Waals surface area (Å²) in [6, 6.07) is 0.510. The van der Waals surface area contributed by atoms with Crippen LogP contribution in [0.5, 0.6) is 0 Å². The summed E-state index contributed by atoms with van der Waals surface area (Å²) in [4.78, 5) is 25.6. The molecule has 1 saturated carbocycles. The molecule has 0 spiro atoms. The number of fused-ring (bicyclic) bond motifs is 2. The van der Waals surface area contributed by atoms with E-state index >= 15 is 0 Å². The summed E-state index contributed by atoms with van der Waals surface area (Å²) in [7, 11) is 0. The Hall–Kier alpha value is -1.10. The molecule has 3 rings (SSSR count). The molecule has 3 N–H and O–H groups in total. The number of hydrogen-bond donors (Lipinski definition) is 2. The molecule has 0 aromatic rings. The third-order valence-electron chi connectivity index (χ3n) is 5.68. The Balaban J connectivity index is 1.62. The molecule has 0 aromatic heterocycles. The maximum atomic E-state index is 12.7. The molecule has 2 heterocycles. The maximum Gasteiger partial charge on any atom is 0.303 e. The molecule has 3 aliphatic rings. The molecule has 3 fully saturated rings. The van der Waals surface area contributed by atoms with Crippen LogP contribution in [0.1, 0.15) is 64.2 Å². The molecular weight excluding hydrogens is 268 g/mol. The molecule has 118 valence electrons. The Morgan fingerprint density at radius 3 is 2.24 bits per heavy atom. The van der Waals surface area contributed by atoms with Gasteiger partial charge in [-0.05, 0) is 44.4 Å². The van der Waals surface area contributed by atoms with Crippen molar-refractivity contribution in [2.45, 2.75) is 81.8 Å². The Morgan fingerprint density at radius 2 is 1.71 bits per heavy atom. The van der Waals surface area contributed by atoms with Gasteiger partial charge in [0, 0.05) is 30.5 Å². The van der Waals surface area contributed by atoms with Gasteiger partial charge in [0.05, 0.1) is 0 Å². The van der Waals surface area contributed by atoms with E-state index in [1.54, 1.807) is 0 Å². The van der Waals surface area contributed by atoms with Crippen LogP contribution >= 0.6 is 0 Å². The third kappa shape index (κ3) is 3.07. The van der Waals surface area contributed by atoms with E-state index in [-0.39, 0.29) is 35.9 Å². The largest absolute Gasteiger partial charge is 0.481 e. The number of hydrogen-bond acceptors (Lipinski definition) is 3. The zero-order valence-electron chi connectivity index (χ0n) is 12.6. The summed E-state index contributed by atoms with van der Waals surface area (Å²) in [5.41, 5.74) is 6.06. The molecule has 5 nitrogen and oxygen atoms in total. The average Bonchev–Trinajstić information content (AvgIpc) is 2.91. The van der Waals surface area contributed by atoms with Gasteiger partial charge in [0.1, 0.15) is 0 Å². The van der Waals surface area contributed by atoms with Crippen molar-refractivity contribution in [2.75, 3.05) is 0 Å². The lowest BCUT2D eigenvalue weighted by Crippen LogP contribution is -2.50. The number of aliphatic carboxylic acids is 1. The number of carbonyl (C=O) groups is 2. The van der Waals surface area contributed by atoms with E-state index in [1.165, 1.54) is 0 Å². The van der Waals surface area contributed by atoms with Crippen LogP contribution in [0.15, 0.2) is 0 Å². The van der Waals surface area contributed by atoms with E-state index in [0.29, 0.717) is 6.42 Å². The van der Waals surface area contributed by atoms with Crippen LogP contribution in [0.4, 0.5) is 0 Å². The van der Waals surface area contributed by atoms with Gasteiger partial charge in [-0.25, -0.2) is 0 Å². The fourth-order valence-corrected chi connectivity index (χ4v) is 4.76. The van der Waals surface area contributed by atoms with Crippen molar-refractivity contribution < 1.29 is 14.7 Å². The van der Waals surface area contributed by atoms with E-state index in [1.807, 2.05) is 0 Å². The van der Waals surface area contributed by atoms with Crippen LogP contribution in [-0.4, -0.2) is 39.5 Å². The summed E-state index contributed by atoms with van der Waals surface area (Å²) < 4.78 is 0. The van der Waals surface area contributed by atoms with Gasteiger partial charge in [-0.3, -0.25) is 9.59 Å². The van der Waals surface area contributed by atoms with Gasteiger partial charge >= 0.3 is 5.97 Å². The van der Waals surface area contributed by atoms with E-state index in [2.05, 4.69) is 4.90 Å². The smallest absolute Gasteiger partial charge is 0.303 e. The summed E-state index contributed by atoms with van der Waals surface area (Å²) in [6.45, 7) is 0. The Morgan fingerprint density at radius 1 is 1.14 bits per heavy atom. The van der Waals surface area contributed by atoms with Crippen molar-refractivity contribution in [1.82, 2.24) is 4.90 Å². The molecule has 0 radical (unpaired) electrons. The lowest BCUT2D eigenvalue weighted by Gasteiger charge is -2.40. The zero-order chi connectivity index (χ0) is 15.0. The van der Waals surface area contributed by atoms with Crippen LogP contribution in [0, 0.1) is 5.92 Å². The van der Waals surface area contributed by atoms with Gasteiger partial charge in [-0.1, -0.05) is 12.8 Å². The second-order valence-electron chi connectivity index (χ2n) is 7.37. The van der Waals surface area contributed by atoms with Gasteiger partial charge in [0.2, 0.25) is 5.91 Å². The van der Waals surface area contributed by atoms with Crippen molar-refractivity contribution in [1.29, 1.82) is 0 Å². The summed E-state index contributed by atoms with van der Waals surface area (Å²) in [5, 5.41) is 8.96. The second-order valence-corrected chi connectivity index (χ2v) is 7.37. The minimum absolute atomic E-state index is 0.209. The number of nitrogens with two attached hydrogens (primary N) is 1. The van der Waals surface area contributed by atoms with Crippen LogP contribution in [-0.2, 0) is 9.59 Å². The highest BCUT2D eigenvalue weighted by atomic mass is 16.4. The normalized spacial score (nSPS) is 34.1. The topological polar surface area (TPSA) is 83.6 Å². The molecule has 1 amide bonds. The fraction of sp³-hybridized carbons (Fsp3) is 0.875. The number of carboxylic acids is 1.